The molecule has 7 nitrogen and oxygen atoms in total. The van der Waals surface area contributed by atoms with Crippen LogP contribution in [0, 0.1) is 0 Å². The lowest BCUT2D eigenvalue weighted by Gasteiger charge is -2.12. The second-order valence-electron chi connectivity index (χ2n) is 5.61. The van der Waals surface area contributed by atoms with E-state index in [0.717, 1.165) is 10.9 Å². The zero-order chi connectivity index (χ0) is 18.4. The van der Waals surface area contributed by atoms with Gasteiger partial charge in [-0.15, -0.1) is 0 Å². The summed E-state index contributed by atoms with van der Waals surface area (Å²) >= 11 is 0. The molecule has 7 heteroatoms. The van der Waals surface area contributed by atoms with Gasteiger partial charge in [-0.3, -0.25) is 9.78 Å². The van der Waals surface area contributed by atoms with Gasteiger partial charge in [0, 0.05) is 17.8 Å². The van der Waals surface area contributed by atoms with Crippen LogP contribution in [0.4, 0.5) is 0 Å². The summed E-state index contributed by atoms with van der Waals surface area (Å²) in [6.07, 6.45) is 3.98. The first-order valence-electron chi connectivity index (χ1n) is 8.00. The topological polar surface area (TPSA) is 90.7 Å². The Morgan fingerprint density at radius 3 is 2.96 bits per heavy atom. The van der Waals surface area contributed by atoms with Gasteiger partial charge >= 0.3 is 0 Å². The summed E-state index contributed by atoms with van der Waals surface area (Å²) in [6.45, 7) is 0.358. The molecule has 0 aliphatic heterocycles. The first kappa shape index (κ1) is 17.6. The van der Waals surface area contributed by atoms with Crippen molar-refractivity contribution >= 4 is 23.2 Å². The summed E-state index contributed by atoms with van der Waals surface area (Å²) in [5.74, 6) is 0.300. The molecule has 0 bridgehead atoms. The van der Waals surface area contributed by atoms with Gasteiger partial charge in [0.25, 0.3) is 5.91 Å². The van der Waals surface area contributed by atoms with Crippen molar-refractivity contribution < 1.29 is 23.5 Å². The number of pyridine rings is 1. The van der Waals surface area contributed by atoms with E-state index in [4.69, 9.17) is 13.9 Å². The summed E-state index contributed by atoms with van der Waals surface area (Å²) in [4.78, 5) is 27.5. The average molecular weight is 354 g/mol. The van der Waals surface area contributed by atoms with E-state index in [-0.39, 0.29) is 12.4 Å². The molecule has 0 radical (unpaired) electrons. The number of hydrogen-bond donors (Lipinski definition) is 1. The summed E-state index contributed by atoms with van der Waals surface area (Å²) in [5.41, 5.74) is 1.45. The van der Waals surface area contributed by atoms with E-state index in [1.54, 1.807) is 49.8 Å². The Bertz CT molecular complexity index is 891. The maximum Gasteiger partial charge on any atom is 0.287 e. The molecule has 0 fully saturated rings. The largest absolute Gasteiger partial charge is 0.497 e. The molecule has 0 saturated heterocycles. The Hall–Kier alpha value is -3.19. The van der Waals surface area contributed by atoms with Crippen LogP contribution in [0.25, 0.3) is 11.0 Å². The van der Waals surface area contributed by atoms with Gasteiger partial charge < -0.3 is 24.0 Å². The second-order valence-corrected chi connectivity index (χ2v) is 5.61. The van der Waals surface area contributed by atoms with Crippen LogP contribution in [0.3, 0.4) is 0 Å². The third kappa shape index (κ3) is 4.25. The summed E-state index contributed by atoms with van der Waals surface area (Å²) in [6, 6.07) is 9.72. The van der Waals surface area contributed by atoms with Crippen molar-refractivity contribution in [1.82, 2.24) is 10.3 Å². The highest BCUT2D eigenvalue weighted by molar-refractivity contribution is 5.97. The number of rotatable bonds is 8. The molecule has 1 amide bonds. The number of fused-ring (bicyclic) bond motifs is 1. The lowest BCUT2D eigenvalue weighted by atomic mass is 10.2. The molecule has 0 aliphatic carbocycles. The average Bonchev–Trinajstić information content (AvgIpc) is 3.11. The lowest BCUT2D eigenvalue weighted by molar-refractivity contribution is -0.110. The van der Waals surface area contributed by atoms with Crippen molar-refractivity contribution in [3.05, 3.63) is 60.1 Å². The van der Waals surface area contributed by atoms with Crippen molar-refractivity contribution in [3.8, 4) is 5.75 Å². The molecular weight excluding hydrogens is 336 g/mol. The van der Waals surface area contributed by atoms with Crippen molar-refractivity contribution in [3.63, 3.8) is 0 Å². The molecule has 0 saturated carbocycles. The number of aromatic nitrogens is 1. The minimum absolute atomic E-state index is 0.0538. The molecule has 2 heterocycles. The molecular formula is C19H18N2O5. The third-order valence-corrected chi connectivity index (χ3v) is 3.72. The molecule has 0 aliphatic rings. The molecule has 0 spiro atoms. The molecule has 3 rings (SSSR count). The highest BCUT2D eigenvalue weighted by Crippen LogP contribution is 2.24. The minimum Gasteiger partial charge on any atom is -0.497 e. The van der Waals surface area contributed by atoms with Gasteiger partial charge in [-0.05, 0) is 35.9 Å². The van der Waals surface area contributed by atoms with Gasteiger partial charge in [-0.25, -0.2) is 0 Å². The number of nitrogens with zero attached hydrogens (tertiary/aromatic N) is 1. The Balaban J connectivity index is 1.59. The predicted octanol–water partition coefficient (Wildman–Crippen LogP) is 2.35. The Labute approximate surface area is 149 Å². The maximum absolute atomic E-state index is 12.3. The fraction of sp³-hybridized carbons (Fsp3) is 0.211. The number of hydrogen-bond acceptors (Lipinski definition) is 6. The zero-order valence-electron chi connectivity index (χ0n) is 14.2. The van der Waals surface area contributed by atoms with E-state index < -0.39 is 11.9 Å². The highest BCUT2D eigenvalue weighted by atomic mass is 16.5. The van der Waals surface area contributed by atoms with E-state index in [0.29, 0.717) is 24.2 Å². The molecule has 3 aromatic rings. The molecule has 1 atom stereocenters. The van der Waals surface area contributed by atoms with Crippen LogP contribution in [0.1, 0.15) is 16.1 Å². The highest BCUT2D eigenvalue weighted by Gasteiger charge is 2.17. The minimum atomic E-state index is -0.776. The Morgan fingerprint density at radius 2 is 2.23 bits per heavy atom. The fourth-order valence-electron chi connectivity index (χ4n) is 2.40. The van der Waals surface area contributed by atoms with Crippen LogP contribution in [-0.2, 0) is 16.1 Å². The van der Waals surface area contributed by atoms with E-state index in [1.807, 2.05) is 6.07 Å². The second kappa shape index (κ2) is 8.26. The smallest absolute Gasteiger partial charge is 0.287 e. The Morgan fingerprint density at radius 1 is 1.35 bits per heavy atom. The van der Waals surface area contributed by atoms with Crippen LogP contribution < -0.4 is 10.1 Å². The maximum atomic E-state index is 12.3. The molecule has 1 aromatic carbocycles. The quantitative estimate of drug-likeness (QED) is 0.625. The number of aldehydes is 1. The van der Waals surface area contributed by atoms with Gasteiger partial charge in [0.1, 0.15) is 23.7 Å². The van der Waals surface area contributed by atoms with Crippen molar-refractivity contribution in [2.45, 2.75) is 12.6 Å². The van der Waals surface area contributed by atoms with Crippen LogP contribution in [0.2, 0.25) is 0 Å². The van der Waals surface area contributed by atoms with Crippen molar-refractivity contribution in [2.75, 3.05) is 13.7 Å². The summed E-state index contributed by atoms with van der Waals surface area (Å²) < 4.78 is 16.1. The van der Waals surface area contributed by atoms with E-state index in [9.17, 15) is 9.59 Å². The summed E-state index contributed by atoms with van der Waals surface area (Å²) in [7, 11) is 1.56. The Kier molecular flexibility index (Phi) is 5.60. The first-order chi connectivity index (χ1) is 12.7. The SMILES string of the molecule is COc1ccc2oc(C(=O)NC(C=O)COCc3cccnc3)cc2c1. The fourth-order valence-corrected chi connectivity index (χ4v) is 2.40. The number of nitrogens with one attached hydrogen (secondary N) is 1. The molecule has 1 unspecified atom stereocenters. The van der Waals surface area contributed by atoms with E-state index in [1.165, 1.54) is 0 Å². The van der Waals surface area contributed by atoms with Gasteiger partial charge in [-0.1, -0.05) is 6.07 Å². The number of carbonyl (C=O) groups is 2. The normalized spacial score (nSPS) is 11.9. The zero-order valence-corrected chi connectivity index (χ0v) is 14.2. The summed E-state index contributed by atoms with van der Waals surface area (Å²) in [5, 5.41) is 3.33. The molecule has 2 aromatic heterocycles. The lowest BCUT2D eigenvalue weighted by Crippen LogP contribution is -2.39. The third-order valence-electron chi connectivity index (χ3n) is 3.72. The number of amides is 1. The van der Waals surface area contributed by atoms with Crippen LogP contribution in [0.15, 0.2) is 53.2 Å². The van der Waals surface area contributed by atoms with E-state index in [2.05, 4.69) is 10.3 Å². The van der Waals surface area contributed by atoms with Gasteiger partial charge in [-0.2, -0.15) is 0 Å². The molecule has 26 heavy (non-hydrogen) atoms. The first-order valence-corrected chi connectivity index (χ1v) is 8.00. The number of methoxy groups -OCH3 is 1. The number of ether oxygens (including phenoxy) is 2. The number of benzene rings is 1. The number of carbonyl (C=O) groups excluding carboxylic acids is 2. The molecule has 134 valence electrons. The van der Waals surface area contributed by atoms with Gasteiger partial charge in [0.05, 0.1) is 20.3 Å². The van der Waals surface area contributed by atoms with Crippen LogP contribution in [-0.4, -0.2) is 36.9 Å². The standard InChI is InChI=1S/C19H18N2O5/c1-24-16-4-5-17-14(7-16)8-18(26-17)19(23)21-15(10-22)12-25-11-13-3-2-6-20-9-13/h2-10,15H,11-12H2,1H3,(H,21,23). The van der Waals surface area contributed by atoms with Gasteiger partial charge in [0.15, 0.2) is 5.76 Å². The van der Waals surface area contributed by atoms with E-state index >= 15 is 0 Å². The monoisotopic (exact) mass is 354 g/mol. The number of furan rings is 1. The van der Waals surface area contributed by atoms with Crippen LogP contribution in [0.5, 0.6) is 5.75 Å². The van der Waals surface area contributed by atoms with Crippen molar-refractivity contribution in [2.24, 2.45) is 0 Å². The molecule has 1 N–H and O–H groups in total. The predicted molar refractivity (Wildman–Crippen MR) is 94.0 cm³/mol. The van der Waals surface area contributed by atoms with Crippen molar-refractivity contribution in [1.29, 1.82) is 0 Å². The van der Waals surface area contributed by atoms with Crippen LogP contribution >= 0.6 is 0 Å². The van der Waals surface area contributed by atoms with Gasteiger partial charge in [0.2, 0.25) is 0 Å².